The summed E-state index contributed by atoms with van der Waals surface area (Å²) in [6.45, 7) is 2.56. The largest absolute Gasteiger partial charge is 0.492 e. The summed E-state index contributed by atoms with van der Waals surface area (Å²) >= 11 is 0. The molecular formula is C16H15N3O. The normalized spacial score (nSPS) is 13.8. The van der Waals surface area contributed by atoms with Gasteiger partial charge in [-0.3, -0.25) is 0 Å². The maximum atomic E-state index is 9.26. The summed E-state index contributed by atoms with van der Waals surface area (Å²) < 4.78 is 5.71. The third-order valence-electron chi connectivity index (χ3n) is 3.34. The number of hydrogen-bond acceptors (Lipinski definition) is 4. The highest BCUT2D eigenvalue weighted by molar-refractivity contribution is 5.63. The van der Waals surface area contributed by atoms with Crippen LogP contribution in [-0.4, -0.2) is 16.6 Å². The van der Waals surface area contributed by atoms with Gasteiger partial charge in [-0.05, 0) is 49.9 Å². The van der Waals surface area contributed by atoms with Crippen LogP contribution < -0.4 is 4.74 Å². The van der Waals surface area contributed by atoms with Crippen molar-refractivity contribution in [2.24, 2.45) is 5.92 Å². The van der Waals surface area contributed by atoms with Gasteiger partial charge in [-0.1, -0.05) is 0 Å². The van der Waals surface area contributed by atoms with Gasteiger partial charge in [0.25, 0.3) is 0 Å². The zero-order valence-electron chi connectivity index (χ0n) is 11.3. The van der Waals surface area contributed by atoms with E-state index in [1.54, 1.807) is 6.20 Å². The highest BCUT2D eigenvalue weighted by atomic mass is 16.5. The fourth-order valence-corrected chi connectivity index (χ4v) is 2.01. The Balaban J connectivity index is 1.88. The molecule has 1 aromatic carbocycles. The van der Waals surface area contributed by atoms with Crippen LogP contribution in [0.3, 0.4) is 0 Å². The van der Waals surface area contributed by atoms with Crippen molar-refractivity contribution in [1.82, 2.24) is 9.97 Å². The standard InChI is InChI=1S/C16H15N3O/c1-11-18-7-6-15(19-11)13-4-5-16(14(8-13)9-17)20-10-12-2-3-12/h4-8,12H,2-3,10H2,1H3. The van der Waals surface area contributed by atoms with E-state index in [0.29, 0.717) is 23.8 Å². The molecule has 0 spiro atoms. The predicted molar refractivity (Wildman–Crippen MR) is 75.1 cm³/mol. The molecule has 3 rings (SSSR count). The van der Waals surface area contributed by atoms with Crippen LogP contribution in [0.25, 0.3) is 11.3 Å². The second-order valence-corrected chi connectivity index (χ2v) is 5.07. The molecule has 0 unspecified atom stereocenters. The van der Waals surface area contributed by atoms with Gasteiger partial charge >= 0.3 is 0 Å². The summed E-state index contributed by atoms with van der Waals surface area (Å²) in [6, 6.07) is 9.65. The van der Waals surface area contributed by atoms with E-state index in [2.05, 4.69) is 16.0 Å². The Labute approximate surface area is 118 Å². The fourth-order valence-electron chi connectivity index (χ4n) is 2.01. The number of nitriles is 1. The van der Waals surface area contributed by atoms with Crippen LogP contribution >= 0.6 is 0 Å². The lowest BCUT2D eigenvalue weighted by atomic mass is 10.1. The van der Waals surface area contributed by atoms with E-state index in [1.165, 1.54) is 12.8 Å². The minimum Gasteiger partial charge on any atom is -0.492 e. The second kappa shape index (κ2) is 5.30. The molecule has 0 bridgehead atoms. The molecule has 1 aromatic heterocycles. The van der Waals surface area contributed by atoms with Gasteiger partial charge in [-0.2, -0.15) is 5.26 Å². The Morgan fingerprint density at radius 2 is 2.20 bits per heavy atom. The minimum absolute atomic E-state index is 0.555. The van der Waals surface area contributed by atoms with Crippen LogP contribution in [0, 0.1) is 24.2 Å². The first-order valence-corrected chi connectivity index (χ1v) is 6.73. The van der Waals surface area contributed by atoms with E-state index in [9.17, 15) is 5.26 Å². The van der Waals surface area contributed by atoms with Crippen molar-refractivity contribution in [3.8, 4) is 23.1 Å². The zero-order valence-corrected chi connectivity index (χ0v) is 11.3. The van der Waals surface area contributed by atoms with E-state index in [0.717, 1.165) is 17.1 Å². The van der Waals surface area contributed by atoms with E-state index in [4.69, 9.17) is 4.74 Å². The Morgan fingerprint density at radius 3 is 2.90 bits per heavy atom. The van der Waals surface area contributed by atoms with Crippen molar-refractivity contribution in [2.45, 2.75) is 19.8 Å². The van der Waals surface area contributed by atoms with Gasteiger partial charge in [0.05, 0.1) is 17.9 Å². The van der Waals surface area contributed by atoms with Crippen molar-refractivity contribution < 1.29 is 4.74 Å². The maximum Gasteiger partial charge on any atom is 0.137 e. The first-order chi connectivity index (χ1) is 9.76. The number of hydrogen-bond donors (Lipinski definition) is 0. The van der Waals surface area contributed by atoms with Crippen molar-refractivity contribution in [1.29, 1.82) is 5.26 Å². The van der Waals surface area contributed by atoms with Crippen molar-refractivity contribution in [3.63, 3.8) is 0 Å². The number of aryl methyl sites for hydroxylation is 1. The average Bonchev–Trinajstić information content (AvgIpc) is 3.29. The number of aromatic nitrogens is 2. The van der Waals surface area contributed by atoms with E-state index < -0.39 is 0 Å². The van der Waals surface area contributed by atoms with E-state index >= 15 is 0 Å². The van der Waals surface area contributed by atoms with Crippen LogP contribution in [0.1, 0.15) is 24.2 Å². The molecule has 1 aliphatic carbocycles. The molecular weight excluding hydrogens is 250 g/mol. The van der Waals surface area contributed by atoms with Crippen LogP contribution in [-0.2, 0) is 0 Å². The SMILES string of the molecule is Cc1nccc(-c2ccc(OCC3CC3)c(C#N)c2)n1. The quantitative estimate of drug-likeness (QED) is 0.852. The Hall–Kier alpha value is -2.41. The number of rotatable bonds is 4. The predicted octanol–water partition coefficient (Wildman–Crippen LogP) is 3.11. The fraction of sp³-hybridized carbons (Fsp3) is 0.312. The average molecular weight is 265 g/mol. The molecule has 0 N–H and O–H groups in total. The first kappa shape index (κ1) is 12.6. The van der Waals surface area contributed by atoms with Gasteiger partial charge < -0.3 is 4.74 Å². The third-order valence-corrected chi connectivity index (χ3v) is 3.34. The van der Waals surface area contributed by atoms with E-state index in [1.807, 2.05) is 31.2 Å². The molecule has 4 heteroatoms. The minimum atomic E-state index is 0.555. The highest BCUT2D eigenvalue weighted by Gasteiger charge is 2.22. The molecule has 0 atom stereocenters. The lowest BCUT2D eigenvalue weighted by Crippen LogP contribution is -2.01. The van der Waals surface area contributed by atoms with Crippen molar-refractivity contribution in [3.05, 3.63) is 41.9 Å². The smallest absolute Gasteiger partial charge is 0.137 e. The monoisotopic (exact) mass is 265 g/mol. The molecule has 4 nitrogen and oxygen atoms in total. The molecule has 100 valence electrons. The topological polar surface area (TPSA) is 58.8 Å². The summed E-state index contributed by atoms with van der Waals surface area (Å²) in [7, 11) is 0. The van der Waals surface area contributed by atoms with Crippen LogP contribution in [0.2, 0.25) is 0 Å². The molecule has 0 saturated heterocycles. The van der Waals surface area contributed by atoms with Crippen LogP contribution in [0.5, 0.6) is 5.75 Å². The molecule has 1 heterocycles. The summed E-state index contributed by atoms with van der Waals surface area (Å²) in [6.07, 6.45) is 4.20. The molecule has 1 saturated carbocycles. The lowest BCUT2D eigenvalue weighted by molar-refractivity contribution is 0.299. The van der Waals surface area contributed by atoms with E-state index in [-0.39, 0.29) is 0 Å². The molecule has 1 fully saturated rings. The Morgan fingerprint density at radius 1 is 1.35 bits per heavy atom. The van der Waals surface area contributed by atoms with Crippen molar-refractivity contribution >= 4 is 0 Å². The molecule has 2 aromatic rings. The number of ether oxygens (including phenoxy) is 1. The van der Waals surface area contributed by atoms with Gasteiger partial charge in [0, 0.05) is 11.8 Å². The summed E-state index contributed by atoms with van der Waals surface area (Å²) in [5.74, 6) is 2.05. The maximum absolute atomic E-state index is 9.26. The number of nitrogens with zero attached hydrogens (tertiary/aromatic N) is 3. The first-order valence-electron chi connectivity index (χ1n) is 6.73. The van der Waals surface area contributed by atoms with Crippen LogP contribution in [0.4, 0.5) is 0 Å². The summed E-state index contributed by atoms with van der Waals surface area (Å²) in [5.41, 5.74) is 2.29. The van der Waals surface area contributed by atoms with Gasteiger partial charge in [0.2, 0.25) is 0 Å². The molecule has 0 radical (unpaired) electrons. The summed E-state index contributed by atoms with van der Waals surface area (Å²) in [5, 5.41) is 9.26. The Bertz CT molecular complexity index is 672. The van der Waals surface area contributed by atoms with Crippen LogP contribution in [0.15, 0.2) is 30.5 Å². The van der Waals surface area contributed by atoms with Crippen molar-refractivity contribution in [2.75, 3.05) is 6.61 Å². The number of benzene rings is 1. The zero-order chi connectivity index (χ0) is 13.9. The second-order valence-electron chi connectivity index (χ2n) is 5.07. The third kappa shape index (κ3) is 2.77. The van der Waals surface area contributed by atoms with Gasteiger partial charge in [0.15, 0.2) is 0 Å². The lowest BCUT2D eigenvalue weighted by Gasteiger charge is -2.09. The highest BCUT2D eigenvalue weighted by Crippen LogP contribution is 2.31. The molecule has 0 aliphatic heterocycles. The van der Waals surface area contributed by atoms with Gasteiger partial charge in [-0.25, -0.2) is 9.97 Å². The van der Waals surface area contributed by atoms with Gasteiger partial charge in [-0.15, -0.1) is 0 Å². The molecule has 1 aliphatic rings. The Kier molecular flexibility index (Phi) is 3.34. The van der Waals surface area contributed by atoms with Gasteiger partial charge in [0.1, 0.15) is 17.6 Å². The molecule has 20 heavy (non-hydrogen) atoms. The summed E-state index contributed by atoms with van der Waals surface area (Å²) in [4.78, 5) is 8.45. The molecule has 0 amide bonds.